The third-order valence-electron chi connectivity index (χ3n) is 4.77. The lowest BCUT2D eigenvalue weighted by Gasteiger charge is -2.12. The quantitative estimate of drug-likeness (QED) is 0.651. The van der Waals surface area contributed by atoms with Crippen LogP contribution in [0, 0.1) is 0 Å². The van der Waals surface area contributed by atoms with E-state index in [2.05, 4.69) is 9.71 Å². The van der Waals surface area contributed by atoms with E-state index in [0.717, 1.165) is 11.1 Å². The molecule has 0 bridgehead atoms. The molecule has 1 aliphatic rings. The van der Waals surface area contributed by atoms with E-state index in [9.17, 15) is 13.2 Å². The van der Waals surface area contributed by atoms with Crippen LogP contribution in [0.5, 0.6) is 0 Å². The third kappa shape index (κ3) is 3.85. The predicted octanol–water partition coefficient (Wildman–Crippen LogP) is 3.41. The minimum absolute atomic E-state index is 0.0962. The fourth-order valence-corrected chi connectivity index (χ4v) is 4.77. The smallest absolute Gasteiger partial charge is 0.240 e. The van der Waals surface area contributed by atoms with Crippen molar-refractivity contribution in [1.82, 2.24) is 9.71 Å². The Morgan fingerprint density at radius 1 is 1.00 bits per heavy atom. The zero-order valence-electron chi connectivity index (χ0n) is 14.8. The van der Waals surface area contributed by atoms with Gasteiger partial charge >= 0.3 is 0 Å². The lowest BCUT2D eigenvalue weighted by atomic mass is 10.0. The fourth-order valence-electron chi connectivity index (χ4n) is 3.41. The molecule has 1 aliphatic carbocycles. The summed E-state index contributed by atoms with van der Waals surface area (Å²) in [6.45, 7) is 0. The summed E-state index contributed by atoms with van der Waals surface area (Å²) in [6, 6.07) is 14.8. The number of sulfonamides is 1. The number of hydrogen-bond acceptors (Lipinski definition) is 4. The van der Waals surface area contributed by atoms with Crippen molar-refractivity contribution in [3.05, 3.63) is 94.3 Å². The molecular formula is C21H17ClN2O3S. The van der Waals surface area contributed by atoms with Crippen LogP contribution in [0.1, 0.15) is 27.0 Å². The maximum atomic E-state index is 12.6. The van der Waals surface area contributed by atoms with Crippen LogP contribution >= 0.6 is 11.6 Å². The van der Waals surface area contributed by atoms with Gasteiger partial charge in [0.05, 0.1) is 4.90 Å². The Morgan fingerprint density at radius 2 is 1.75 bits per heavy atom. The minimum atomic E-state index is -3.63. The van der Waals surface area contributed by atoms with Gasteiger partial charge in [-0.15, -0.1) is 0 Å². The number of ketones is 1. The van der Waals surface area contributed by atoms with E-state index in [4.69, 9.17) is 11.6 Å². The highest BCUT2D eigenvalue weighted by atomic mass is 35.5. The van der Waals surface area contributed by atoms with Crippen LogP contribution in [0.15, 0.2) is 71.9 Å². The summed E-state index contributed by atoms with van der Waals surface area (Å²) in [5.74, 6) is -0.0962. The highest BCUT2D eigenvalue weighted by molar-refractivity contribution is 7.89. The Balaban J connectivity index is 1.51. The summed E-state index contributed by atoms with van der Waals surface area (Å²) in [6.07, 6.45) is 4.29. The Labute approximate surface area is 168 Å². The number of fused-ring (bicyclic) bond motifs is 1. The summed E-state index contributed by atoms with van der Waals surface area (Å²) in [5.41, 5.74) is 3.14. The normalized spacial score (nSPS) is 16.0. The molecule has 0 saturated heterocycles. The number of nitrogens with zero attached hydrogens (tertiary/aromatic N) is 1. The van der Waals surface area contributed by atoms with Crippen LogP contribution in [0.4, 0.5) is 0 Å². The fraction of sp³-hybridized carbons (Fsp3) is 0.143. The summed E-state index contributed by atoms with van der Waals surface area (Å²) >= 11 is 5.83. The molecule has 1 unspecified atom stereocenters. The topological polar surface area (TPSA) is 76.1 Å². The molecule has 5 nitrogen and oxygen atoms in total. The van der Waals surface area contributed by atoms with E-state index >= 15 is 0 Å². The van der Waals surface area contributed by atoms with Gasteiger partial charge in [-0.1, -0.05) is 23.7 Å². The second-order valence-corrected chi connectivity index (χ2v) is 8.89. The number of aromatic nitrogens is 1. The van der Waals surface area contributed by atoms with E-state index in [1.165, 1.54) is 12.1 Å². The molecule has 1 aromatic heterocycles. The van der Waals surface area contributed by atoms with Crippen LogP contribution in [-0.4, -0.2) is 25.2 Å². The molecule has 1 atom stereocenters. The summed E-state index contributed by atoms with van der Waals surface area (Å²) in [7, 11) is -3.63. The monoisotopic (exact) mass is 412 g/mol. The highest BCUT2D eigenvalue weighted by Crippen LogP contribution is 2.26. The van der Waals surface area contributed by atoms with Crippen LogP contribution in [0.25, 0.3) is 0 Å². The van der Waals surface area contributed by atoms with Crippen molar-refractivity contribution < 1.29 is 13.2 Å². The van der Waals surface area contributed by atoms with Crippen LogP contribution in [0.3, 0.4) is 0 Å². The van der Waals surface area contributed by atoms with E-state index in [1.54, 1.807) is 42.7 Å². The van der Waals surface area contributed by atoms with Crippen molar-refractivity contribution in [3.8, 4) is 0 Å². The van der Waals surface area contributed by atoms with E-state index < -0.39 is 10.0 Å². The van der Waals surface area contributed by atoms with Gasteiger partial charge in [0.15, 0.2) is 5.78 Å². The SMILES string of the molecule is O=C(c1cccnc1)c1ccc2c(c1)CC(NS(=O)(=O)c1ccc(Cl)cc1)C2. The predicted molar refractivity (Wildman–Crippen MR) is 107 cm³/mol. The molecule has 0 radical (unpaired) electrons. The van der Waals surface area contributed by atoms with Gasteiger partial charge in [-0.2, -0.15) is 0 Å². The number of benzene rings is 2. The van der Waals surface area contributed by atoms with Crippen molar-refractivity contribution in [2.45, 2.75) is 23.8 Å². The summed E-state index contributed by atoms with van der Waals surface area (Å²) in [4.78, 5) is 16.8. The molecule has 0 aliphatic heterocycles. The van der Waals surface area contributed by atoms with Crippen LogP contribution in [0.2, 0.25) is 5.02 Å². The van der Waals surface area contributed by atoms with Gasteiger partial charge in [0.1, 0.15) is 0 Å². The zero-order valence-corrected chi connectivity index (χ0v) is 16.4. The van der Waals surface area contributed by atoms with Gasteiger partial charge in [-0.25, -0.2) is 13.1 Å². The first-order valence-electron chi connectivity index (χ1n) is 8.77. The number of rotatable bonds is 5. The Kier molecular flexibility index (Phi) is 5.02. The third-order valence-corrected chi connectivity index (χ3v) is 6.56. The molecule has 3 aromatic rings. The average molecular weight is 413 g/mol. The summed E-state index contributed by atoms with van der Waals surface area (Å²) < 4.78 is 27.9. The molecular weight excluding hydrogens is 396 g/mol. The maximum absolute atomic E-state index is 12.6. The molecule has 4 rings (SSSR count). The number of carbonyl (C=O) groups is 1. The molecule has 1 heterocycles. The first-order chi connectivity index (χ1) is 13.4. The Bertz CT molecular complexity index is 1130. The van der Waals surface area contributed by atoms with Gasteiger partial charge in [0.2, 0.25) is 10.0 Å². The number of hydrogen-bond donors (Lipinski definition) is 1. The number of pyridine rings is 1. The number of nitrogens with one attached hydrogen (secondary N) is 1. The van der Waals surface area contributed by atoms with Crippen molar-refractivity contribution in [2.75, 3.05) is 0 Å². The molecule has 2 aromatic carbocycles. The van der Waals surface area contributed by atoms with Gasteiger partial charge in [0.25, 0.3) is 0 Å². The van der Waals surface area contributed by atoms with E-state index in [1.807, 2.05) is 12.1 Å². The maximum Gasteiger partial charge on any atom is 0.240 e. The average Bonchev–Trinajstić information content (AvgIpc) is 3.09. The zero-order chi connectivity index (χ0) is 19.7. The standard InChI is InChI=1S/C21H17ClN2O3S/c22-18-5-7-20(8-6-18)28(26,27)24-19-11-14-3-4-15(10-17(14)12-19)21(25)16-2-1-9-23-13-16/h1-10,13,19,24H,11-12H2. The molecule has 0 amide bonds. The van der Waals surface area contributed by atoms with Crippen molar-refractivity contribution >= 4 is 27.4 Å². The second-order valence-electron chi connectivity index (χ2n) is 6.73. The van der Waals surface area contributed by atoms with Gasteiger partial charge < -0.3 is 0 Å². The largest absolute Gasteiger partial charge is 0.289 e. The minimum Gasteiger partial charge on any atom is -0.289 e. The van der Waals surface area contributed by atoms with Crippen molar-refractivity contribution in [3.63, 3.8) is 0 Å². The van der Waals surface area contributed by atoms with Gasteiger partial charge in [0, 0.05) is 34.6 Å². The number of carbonyl (C=O) groups excluding carboxylic acids is 1. The highest BCUT2D eigenvalue weighted by Gasteiger charge is 2.27. The molecule has 0 spiro atoms. The van der Waals surface area contributed by atoms with Crippen LogP contribution in [-0.2, 0) is 22.9 Å². The summed E-state index contributed by atoms with van der Waals surface area (Å²) in [5, 5.41) is 0.484. The molecule has 28 heavy (non-hydrogen) atoms. The van der Waals surface area contributed by atoms with Crippen LogP contribution < -0.4 is 4.72 Å². The van der Waals surface area contributed by atoms with Crippen molar-refractivity contribution in [1.29, 1.82) is 0 Å². The first-order valence-corrected chi connectivity index (χ1v) is 10.6. The second kappa shape index (κ2) is 7.47. The lowest BCUT2D eigenvalue weighted by molar-refractivity contribution is 0.103. The van der Waals surface area contributed by atoms with Gasteiger partial charge in [-0.3, -0.25) is 9.78 Å². The molecule has 1 N–H and O–H groups in total. The molecule has 0 saturated carbocycles. The first kappa shape index (κ1) is 18.8. The van der Waals surface area contributed by atoms with E-state index in [0.29, 0.717) is 29.0 Å². The lowest BCUT2D eigenvalue weighted by Crippen LogP contribution is -2.35. The van der Waals surface area contributed by atoms with Gasteiger partial charge in [-0.05, 0) is 66.4 Å². The molecule has 7 heteroatoms. The molecule has 142 valence electrons. The number of halogens is 1. The Hall–Kier alpha value is -2.54. The molecule has 0 fully saturated rings. The Morgan fingerprint density at radius 3 is 2.46 bits per heavy atom. The van der Waals surface area contributed by atoms with E-state index in [-0.39, 0.29) is 16.7 Å². The van der Waals surface area contributed by atoms with Crippen molar-refractivity contribution in [2.24, 2.45) is 0 Å².